The van der Waals surface area contributed by atoms with Crippen LogP contribution in [0.3, 0.4) is 0 Å². The molecule has 0 aliphatic heterocycles. The fourth-order valence-corrected chi connectivity index (χ4v) is 1.53. The summed E-state index contributed by atoms with van der Waals surface area (Å²) in [6.45, 7) is 3.88. The number of rotatable bonds is 5. The molecule has 0 spiro atoms. The Balaban J connectivity index is 2.15. The van der Waals surface area contributed by atoms with Gasteiger partial charge in [-0.2, -0.15) is 5.10 Å². The Kier molecular flexibility index (Phi) is 3.72. The Morgan fingerprint density at radius 1 is 1.29 bits per heavy atom. The predicted molar refractivity (Wildman–Crippen MR) is 65.7 cm³/mol. The van der Waals surface area contributed by atoms with Crippen molar-refractivity contribution in [2.45, 2.75) is 13.5 Å². The van der Waals surface area contributed by atoms with E-state index in [0.29, 0.717) is 25.5 Å². The summed E-state index contributed by atoms with van der Waals surface area (Å²) < 4.78 is 7.12. The van der Waals surface area contributed by atoms with Gasteiger partial charge in [-0.25, -0.2) is 4.98 Å². The first kappa shape index (κ1) is 11.6. The van der Waals surface area contributed by atoms with Crippen LogP contribution in [0, 0.1) is 0 Å². The summed E-state index contributed by atoms with van der Waals surface area (Å²) in [5.74, 6) is 1.57. The first-order valence-electron chi connectivity index (χ1n) is 5.66. The molecule has 0 unspecified atom stereocenters. The number of aromatic nitrogens is 3. The monoisotopic (exact) mass is 232 g/mol. The Morgan fingerprint density at radius 3 is 2.71 bits per heavy atom. The van der Waals surface area contributed by atoms with Crippen molar-refractivity contribution < 1.29 is 4.74 Å². The molecular weight excluding hydrogens is 216 g/mol. The molecule has 2 aromatic rings. The number of nitrogens with zero attached hydrogens (tertiary/aromatic N) is 3. The van der Waals surface area contributed by atoms with Crippen molar-refractivity contribution in [3.05, 3.63) is 30.6 Å². The summed E-state index contributed by atoms with van der Waals surface area (Å²) in [6.07, 6.45) is 1.69. The van der Waals surface area contributed by atoms with Crippen LogP contribution >= 0.6 is 0 Å². The molecule has 90 valence electrons. The van der Waals surface area contributed by atoms with Gasteiger partial charge in [0, 0.05) is 12.1 Å². The van der Waals surface area contributed by atoms with E-state index in [4.69, 9.17) is 10.5 Å². The van der Waals surface area contributed by atoms with Crippen molar-refractivity contribution in [1.29, 1.82) is 0 Å². The van der Waals surface area contributed by atoms with Gasteiger partial charge in [0.15, 0.2) is 5.82 Å². The summed E-state index contributed by atoms with van der Waals surface area (Å²) >= 11 is 0. The van der Waals surface area contributed by atoms with E-state index in [-0.39, 0.29) is 0 Å². The lowest BCUT2D eigenvalue weighted by atomic mass is 10.2. The molecule has 0 saturated carbocycles. The van der Waals surface area contributed by atoms with E-state index >= 15 is 0 Å². The molecule has 0 radical (unpaired) electrons. The van der Waals surface area contributed by atoms with Crippen molar-refractivity contribution in [3.8, 4) is 17.1 Å². The third kappa shape index (κ3) is 2.82. The van der Waals surface area contributed by atoms with Gasteiger partial charge in [0.1, 0.15) is 12.1 Å². The van der Waals surface area contributed by atoms with Crippen LogP contribution in [-0.2, 0) is 6.54 Å². The summed E-state index contributed by atoms with van der Waals surface area (Å²) in [5.41, 5.74) is 6.43. The average molecular weight is 232 g/mol. The van der Waals surface area contributed by atoms with E-state index in [1.54, 1.807) is 11.0 Å². The van der Waals surface area contributed by atoms with E-state index in [1.165, 1.54) is 0 Å². The van der Waals surface area contributed by atoms with Gasteiger partial charge in [-0.3, -0.25) is 4.68 Å². The maximum Gasteiger partial charge on any atom is 0.181 e. The second-order valence-corrected chi connectivity index (χ2v) is 3.58. The molecule has 2 N–H and O–H groups in total. The largest absolute Gasteiger partial charge is 0.494 e. The van der Waals surface area contributed by atoms with Crippen LogP contribution in [0.4, 0.5) is 0 Å². The molecule has 0 aliphatic rings. The number of ether oxygens (including phenoxy) is 1. The molecule has 0 atom stereocenters. The molecule has 0 saturated heterocycles. The van der Waals surface area contributed by atoms with Crippen molar-refractivity contribution >= 4 is 0 Å². The summed E-state index contributed by atoms with van der Waals surface area (Å²) in [7, 11) is 0. The van der Waals surface area contributed by atoms with Crippen molar-refractivity contribution in [2.75, 3.05) is 13.2 Å². The third-order valence-corrected chi connectivity index (χ3v) is 2.32. The Labute approximate surface area is 100 Å². The van der Waals surface area contributed by atoms with Gasteiger partial charge in [0.25, 0.3) is 0 Å². The molecule has 1 aromatic carbocycles. The fraction of sp³-hybridized carbons (Fsp3) is 0.333. The number of hydrogen-bond acceptors (Lipinski definition) is 4. The molecule has 2 rings (SSSR count). The predicted octanol–water partition coefficient (Wildman–Crippen LogP) is 1.30. The number of benzene rings is 1. The van der Waals surface area contributed by atoms with Gasteiger partial charge >= 0.3 is 0 Å². The minimum absolute atomic E-state index is 0.562. The summed E-state index contributed by atoms with van der Waals surface area (Å²) in [4.78, 5) is 4.24. The molecular formula is C12H16N4O. The highest BCUT2D eigenvalue weighted by Gasteiger charge is 2.03. The van der Waals surface area contributed by atoms with Crippen LogP contribution in [0.5, 0.6) is 5.75 Å². The minimum Gasteiger partial charge on any atom is -0.494 e. The molecule has 0 bridgehead atoms. The second-order valence-electron chi connectivity index (χ2n) is 3.58. The topological polar surface area (TPSA) is 66.0 Å². The molecule has 0 aliphatic carbocycles. The molecule has 1 aromatic heterocycles. The average Bonchev–Trinajstić information content (AvgIpc) is 2.80. The lowest BCUT2D eigenvalue weighted by Crippen LogP contribution is -2.10. The Bertz CT molecular complexity index is 464. The summed E-state index contributed by atoms with van der Waals surface area (Å²) in [6, 6.07) is 7.74. The SMILES string of the molecule is CCOc1ccc(-c2ncn(CCN)n2)cc1. The number of hydrogen-bond donors (Lipinski definition) is 1. The van der Waals surface area contributed by atoms with Crippen LogP contribution < -0.4 is 10.5 Å². The molecule has 5 nitrogen and oxygen atoms in total. The minimum atomic E-state index is 0.562. The number of nitrogens with two attached hydrogens (primary N) is 1. The molecule has 1 heterocycles. The van der Waals surface area contributed by atoms with Gasteiger partial charge in [-0.15, -0.1) is 0 Å². The highest BCUT2D eigenvalue weighted by Crippen LogP contribution is 2.18. The van der Waals surface area contributed by atoms with E-state index in [1.807, 2.05) is 31.2 Å². The van der Waals surface area contributed by atoms with Crippen LogP contribution in [-0.4, -0.2) is 27.9 Å². The van der Waals surface area contributed by atoms with Gasteiger partial charge in [0.2, 0.25) is 0 Å². The Morgan fingerprint density at radius 2 is 2.06 bits per heavy atom. The van der Waals surface area contributed by atoms with Crippen LogP contribution in [0.15, 0.2) is 30.6 Å². The zero-order valence-electron chi connectivity index (χ0n) is 9.84. The van der Waals surface area contributed by atoms with Crippen molar-refractivity contribution in [3.63, 3.8) is 0 Å². The Hall–Kier alpha value is -1.88. The lowest BCUT2D eigenvalue weighted by molar-refractivity contribution is 0.340. The van der Waals surface area contributed by atoms with Crippen molar-refractivity contribution in [2.24, 2.45) is 5.73 Å². The van der Waals surface area contributed by atoms with Gasteiger partial charge in [0.05, 0.1) is 13.2 Å². The lowest BCUT2D eigenvalue weighted by Gasteiger charge is -2.02. The zero-order chi connectivity index (χ0) is 12.1. The van der Waals surface area contributed by atoms with Crippen molar-refractivity contribution in [1.82, 2.24) is 14.8 Å². The first-order chi connectivity index (χ1) is 8.33. The first-order valence-corrected chi connectivity index (χ1v) is 5.66. The van der Waals surface area contributed by atoms with Gasteiger partial charge in [-0.05, 0) is 31.2 Å². The normalized spacial score (nSPS) is 10.5. The second kappa shape index (κ2) is 5.45. The van der Waals surface area contributed by atoms with E-state index in [9.17, 15) is 0 Å². The maximum absolute atomic E-state index is 5.46. The highest BCUT2D eigenvalue weighted by atomic mass is 16.5. The fourth-order valence-electron chi connectivity index (χ4n) is 1.53. The van der Waals surface area contributed by atoms with Crippen LogP contribution in [0.2, 0.25) is 0 Å². The van der Waals surface area contributed by atoms with E-state index < -0.39 is 0 Å². The van der Waals surface area contributed by atoms with Gasteiger partial charge in [-0.1, -0.05) is 0 Å². The zero-order valence-corrected chi connectivity index (χ0v) is 9.84. The highest BCUT2D eigenvalue weighted by molar-refractivity contribution is 5.55. The molecule has 5 heteroatoms. The third-order valence-electron chi connectivity index (χ3n) is 2.32. The standard InChI is InChI=1S/C12H16N4O/c1-2-17-11-5-3-10(4-6-11)12-14-9-16(15-12)8-7-13/h3-6,9H,2,7-8,13H2,1H3. The van der Waals surface area contributed by atoms with E-state index in [0.717, 1.165) is 11.3 Å². The smallest absolute Gasteiger partial charge is 0.181 e. The summed E-state index contributed by atoms with van der Waals surface area (Å²) in [5, 5.41) is 4.33. The quantitative estimate of drug-likeness (QED) is 0.844. The maximum atomic E-state index is 5.46. The van der Waals surface area contributed by atoms with E-state index in [2.05, 4.69) is 10.1 Å². The van der Waals surface area contributed by atoms with Crippen LogP contribution in [0.1, 0.15) is 6.92 Å². The molecule has 17 heavy (non-hydrogen) atoms. The van der Waals surface area contributed by atoms with Gasteiger partial charge < -0.3 is 10.5 Å². The van der Waals surface area contributed by atoms with Crippen LogP contribution in [0.25, 0.3) is 11.4 Å². The molecule has 0 fully saturated rings. The molecule has 0 amide bonds.